The fourth-order valence-electron chi connectivity index (χ4n) is 1.97. The van der Waals surface area contributed by atoms with E-state index in [1.165, 1.54) is 24.8 Å². The number of hydrogen-bond donors (Lipinski definition) is 1. The molecule has 0 aliphatic heterocycles. The first-order valence-corrected chi connectivity index (χ1v) is 6.21. The summed E-state index contributed by atoms with van der Waals surface area (Å²) in [7, 11) is 0. The van der Waals surface area contributed by atoms with E-state index >= 15 is 0 Å². The Kier molecular flexibility index (Phi) is 3.83. The highest BCUT2D eigenvalue weighted by molar-refractivity contribution is 5.27. The quantitative estimate of drug-likeness (QED) is 0.826. The van der Waals surface area contributed by atoms with Crippen molar-refractivity contribution in [2.24, 2.45) is 11.7 Å². The molecule has 2 heteroatoms. The van der Waals surface area contributed by atoms with Crippen LogP contribution in [-0.4, -0.2) is 12.6 Å². The number of hydrogen-bond acceptors (Lipinski definition) is 2. The van der Waals surface area contributed by atoms with Gasteiger partial charge in [0.25, 0.3) is 0 Å². The number of rotatable bonds is 5. The molecule has 1 atom stereocenters. The highest BCUT2D eigenvalue weighted by Crippen LogP contribution is 2.27. The van der Waals surface area contributed by atoms with E-state index in [0.29, 0.717) is 0 Å². The molecule has 1 saturated carbocycles. The summed E-state index contributed by atoms with van der Waals surface area (Å²) in [5.41, 5.74) is 7.04. The molecule has 1 aromatic rings. The van der Waals surface area contributed by atoms with Gasteiger partial charge in [-0.05, 0) is 49.8 Å². The molecule has 0 heterocycles. The molecule has 0 spiro atoms. The van der Waals surface area contributed by atoms with Crippen LogP contribution in [0.5, 0.6) is 5.75 Å². The molecule has 0 radical (unpaired) electrons. The summed E-state index contributed by atoms with van der Waals surface area (Å²) in [6.07, 6.45) is 4.98. The molecule has 16 heavy (non-hydrogen) atoms. The molecule has 0 aromatic heterocycles. The Morgan fingerprint density at radius 3 is 2.50 bits per heavy atom. The minimum atomic E-state index is 0.224. The monoisotopic (exact) mass is 219 g/mol. The van der Waals surface area contributed by atoms with Gasteiger partial charge in [0, 0.05) is 6.04 Å². The smallest absolute Gasteiger partial charge is 0.119 e. The van der Waals surface area contributed by atoms with Crippen LogP contribution in [0.2, 0.25) is 0 Å². The third-order valence-corrected chi connectivity index (χ3v) is 3.19. The van der Waals surface area contributed by atoms with Crippen molar-refractivity contribution in [3.8, 4) is 5.75 Å². The second kappa shape index (κ2) is 5.35. The van der Waals surface area contributed by atoms with Crippen molar-refractivity contribution in [1.82, 2.24) is 0 Å². The van der Waals surface area contributed by atoms with Gasteiger partial charge in [0.15, 0.2) is 0 Å². The normalized spacial score (nSPS) is 17.9. The minimum Gasteiger partial charge on any atom is -0.493 e. The molecule has 2 nitrogen and oxygen atoms in total. The zero-order valence-corrected chi connectivity index (χ0v) is 9.99. The van der Waals surface area contributed by atoms with Crippen molar-refractivity contribution in [3.05, 3.63) is 29.8 Å². The Balaban J connectivity index is 1.81. The highest BCUT2D eigenvalue weighted by atomic mass is 16.5. The Morgan fingerprint density at radius 2 is 2.00 bits per heavy atom. The van der Waals surface area contributed by atoms with Gasteiger partial charge >= 0.3 is 0 Å². The summed E-state index contributed by atoms with van der Waals surface area (Å²) in [5, 5.41) is 0. The zero-order chi connectivity index (χ0) is 11.4. The standard InChI is InChI=1S/C14H21NO/c1-11(15)9-12-5-7-14(8-6-12)16-10-13-3-2-4-13/h5-8,11,13H,2-4,9-10,15H2,1H3. The fraction of sp³-hybridized carbons (Fsp3) is 0.571. The first kappa shape index (κ1) is 11.5. The number of ether oxygens (including phenoxy) is 1. The molecule has 0 amide bonds. The predicted molar refractivity (Wildman–Crippen MR) is 66.6 cm³/mol. The summed E-state index contributed by atoms with van der Waals surface area (Å²) in [6.45, 7) is 2.91. The van der Waals surface area contributed by atoms with Crippen molar-refractivity contribution in [2.75, 3.05) is 6.61 Å². The Labute approximate surface area is 97.8 Å². The summed E-state index contributed by atoms with van der Waals surface area (Å²) in [6, 6.07) is 8.55. The molecule has 0 bridgehead atoms. The molecule has 1 aliphatic carbocycles. The predicted octanol–water partition coefficient (Wildman–Crippen LogP) is 2.76. The van der Waals surface area contributed by atoms with Crippen LogP contribution in [-0.2, 0) is 6.42 Å². The summed E-state index contributed by atoms with van der Waals surface area (Å²) in [4.78, 5) is 0. The van der Waals surface area contributed by atoms with Crippen LogP contribution in [0.25, 0.3) is 0 Å². The Bertz CT molecular complexity index is 314. The van der Waals surface area contributed by atoms with Crippen LogP contribution in [0, 0.1) is 5.92 Å². The number of benzene rings is 1. The van der Waals surface area contributed by atoms with E-state index in [4.69, 9.17) is 10.5 Å². The second-order valence-electron chi connectivity index (χ2n) is 4.93. The van der Waals surface area contributed by atoms with Crippen LogP contribution in [0.3, 0.4) is 0 Å². The maximum absolute atomic E-state index is 5.76. The molecule has 0 saturated heterocycles. The topological polar surface area (TPSA) is 35.2 Å². The number of nitrogens with two attached hydrogens (primary N) is 1. The van der Waals surface area contributed by atoms with Gasteiger partial charge in [-0.1, -0.05) is 18.6 Å². The van der Waals surface area contributed by atoms with Gasteiger partial charge in [-0.3, -0.25) is 0 Å². The average Bonchev–Trinajstić information content (AvgIpc) is 2.17. The van der Waals surface area contributed by atoms with Crippen molar-refractivity contribution in [3.63, 3.8) is 0 Å². The molecule has 1 fully saturated rings. The van der Waals surface area contributed by atoms with Gasteiger partial charge in [-0.2, -0.15) is 0 Å². The summed E-state index contributed by atoms with van der Waals surface area (Å²) < 4.78 is 5.74. The first-order chi connectivity index (χ1) is 7.74. The Hall–Kier alpha value is -1.02. The lowest BCUT2D eigenvalue weighted by atomic mass is 9.86. The highest BCUT2D eigenvalue weighted by Gasteiger charge is 2.17. The molecule has 1 unspecified atom stereocenters. The molecule has 88 valence electrons. The van der Waals surface area contributed by atoms with Crippen LogP contribution in [0.4, 0.5) is 0 Å². The van der Waals surface area contributed by atoms with Gasteiger partial charge in [0.1, 0.15) is 5.75 Å². The molecular formula is C14H21NO. The molecule has 1 aliphatic rings. The van der Waals surface area contributed by atoms with Crippen molar-refractivity contribution in [1.29, 1.82) is 0 Å². The molecule has 2 N–H and O–H groups in total. The zero-order valence-electron chi connectivity index (χ0n) is 9.99. The van der Waals surface area contributed by atoms with E-state index in [9.17, 15) is 0 Å². The third-order valence-electron chi connectivity index (χ3n) is 3.19. The van der Waals surface area contributed by atoms with Crippen molar-refractivity contribution in [2.45, 2.75) is 38.6 Å². The largest absolute Gasteiger partial charge is 0.493 e. The van der Waals surface area contributed by atoms with Crippen LogP contribution >= 0.6 is 0 Å². The summed E-state index contributed by atoms with van der Waals surface area (Å²) in [5.74, 6) is 1.78. The van der Waals surface area contributed by atoms with Gasteiger partial charge < -0.3 is 10.5 Å². The van der Waals surface area contributed by atoms with E-state index < -0.39 is 0 Å². The van der Waals surface area contributed by atoms with Crippen LogP contribution < -0.4 is 10.5 Å². The lowest BCUT2D eigenvalue weighted by Gasteiger charge is -2.25. The SMILES string of the molecule is CC(N)Cc1ccc(OCC2CCC2)cc1. The van der Waals surface area contributed by atoms with E-state index in [2.05, 4.69) is 24.3 Å². The maximum Gasteiger partial charge on any atom is 0.119 e. The molecular weight excluding hydrogens is 198 g/mol. The fourth-order valence-corrected chi connectivity index (χ4v) is 1.97. The summed E-state index contributed by atoms with van der Waals surface area (Å²) >= 11 is 0. The van der Waals surface area contributed by atoms with Gasteiger partial charge in [0.2, 0.25) is 0 Å². The van der Waals surface area contributed by atoms with Crippen LogP contribution in [0.15, 0.2) is 24.3 Å². The minimum absolute atomic E-state index is 0.224. The van der Waals surface area contributed by atoms with E-state index in [0.717, 1.165) is 24.7 Å². The first-order valence-electron chi connectivity index (χ1n) is 6.21. The van der Waals surface area contributed by atoms with Gasteiger partial charge in [0.05, 0.1) is 6.61 Å². The van der Waals surface area contributed by atoms with E-state index in [-0.39, 0.29) is 6.04 Å². The van der Waals surface area contributed by atoms with Gasteiger partial charge in [-0.25, -0.2) is 0 Å². The Morgan fingerprint density at radius 1 is 1.31 bits per heavy atom. The van der Waals surface area contributed by atoms with Crippen molar-refractivity contribution < 1.29 is 4.74 Å². The molecule has 2 rings (SSSR count). The lowest BCUT2D eigenvalue weighted by Crippen LogP contribution is -2.19. The molecule has 1 aromatic carbocycles. The lowest BCUT2D eigenvalue weighted by molar-refractivity contribution is 0.180. The van der Waals surface area contributed by atoms with Crippen LogP contribution in [0.1, 0.15) is 31.7 Å². The van der Waals surface area contributed by atoms with E-state index in [1.807, 2.05) is 6.92 Å². The third kappa shape index (κ3) is 3.24. The maximum atomic E-state index is 5.76. The van der Waals surface area contributed by atoms with Gasteiger partial charge in [-0.15, -0.1) is 0 Å². The second-order valence-corrected chi connectivity index (χ2v) is 4.93. The average molecular weight is 219 g/mol. The van der Waals surface area contributed by atoms with Crippen molar-refractivity contribution >= 4 is 0 Å². The van der Waals surface area contributed by atoms with E-state index in [1.54, 1.807) is 0 Å².